The average Bonchev–Trinajstić information content (AvgIpc) is 2.34. The maximum atomic E-state index is 6.25. The van der Waals surface area contributed by atoms with E-state index in [9.17, 15) is 0 Å². The first kappa shape index (κ1) is 14.5. The van der Waals surface area contributed by atoms with E-state index in [2.05, 4.69) is 46.4 Å². The van der Waals surface area contributed by atoms with Crippen LogP contribution in [0.3, 0.4) is 0 Å². The van der Waals surface area contributed by atoms with Gasteiger partial charge in [0.1, 0.15) is 12.1 Å². The third-order valence-corrected chi connectivity index (χ3v) is 3.82. The Balaban J connectivity index is 2.40. The Labute approximate surface area is 131 Å². The monoisotopic (exact) mass is 388 g/mol. The minimum Gasteiger partial charge on any atom is -0.438 e. The molecule has 0 saturated heterocycles. The number of hydrogen-bond donors (Lipinski definition) is 0. The van der Waals surface area contributed by atoms with Crippen molar-refractivity contribution in [1.82, 2.24) is 9.97 Å². The molecule has 0 aliphatic rings. The Bertz CT molecular complexity index is 602. The molecule has 0 bridgehead atoms. The molecule has 1 aromatic heterocycles. The van der Waals surface area contributed by atoms with E-state index in [-0.39, 0.29) is 0 Å². The first-order valence-electron chi connectivity index (χ1n) is 5.92. The minimum absolute atomic E-state index is 0.347. The van der Waals surface area contributed by atoms with E-state index in [0.717, 1.165) is 25.5 Å². The molecule has 0 radical (unpaired) electrons. The fourth-order valence-corrected chi connectivity index (χ4v) is 2.55. The van der Waals surface area contributed by atoms with Crippen molar-refractivity contribution in [3.05, 3.63) is 44.4 Å². The van der Waals surface area contributed by atoms with Crippen molar-refractivity contribution in [3.63, 3.8) is 0 Å². The summed E-state index contributed by atoms with van der Waals surface area (Å²) in [6, 6.07) is 3.92. The highest BCUT2D eigenvalue weighted by atomic mass is 127. The van der Waals surface area contributed by atoms with Gasteiger partial charge in [-0.05, 0) is 58.7 Å². The molecule has 0 aliphatic heterocycles. The highest BCUT2D eigenvalue weighted by molar-refractivity contribution is 14.1. The van der Waals surface area contributed by atoms with Crippen LogP contribution in [0.25, 0.3) is 0 Å². The lowest BCUT2D eigenvalue weighted by atomic mass is 10.0. The van der Waals surface area contributed by atoms with E-state index in [4.69, 9.17) is 16.3 Å². The molecule has 0 saturated carbocycles. The van der Waals surface area contributed by atoms with E-state index in [1.165, 1.54) is 6.33 Å². The fraction of sp³-hybridized carbons (Fsp3) is 0.286. The third kappa shape index (κ3) is 3.36. The summed E-state index contributed by atoms with van der Waals surface area (Å²) in [4.78, 5) is 8.09. The summed E-state index contributed by atoms with van der Waals surface area (Å²) in [6.07, 6.45) is 3.20. The summed E-state index contributed by atoms with van der Waals surface area (Å²) in [5.74, 6) is 1.69. The lowest BCUT2D eigenvalue weighted by Gasteiger charge is -2.14. The topological polar surface area (TPSA) is 35.0 Å². The normalized spacial score (nSPS) is 10.8. The number of hydrogen-bond acceptors (Lipinski definition) is 3. The lowest BCUT2D eigenvalue weighted by molar-refractivity contribution is 0.453. The molecule has 5 heteroatoms. The van der Waals surface area contributed by atoms with Gasteiger partial charge in [-0.2, -0.15) is 0 Å². The van der Waals surface area contributed by atoms with Crippen LogP contribution in [0, 0.1) is 10.5 Å². The summed E-state index contributed by atoms with van der Waals surface area (Å²) < 4.78 is 6.74. The SMILES string of the molecule is Cc1cc(Cl)c(C(C)C)cc1Oc1ncncc1I. The van der Waals surface area contributed by atoms with Gasteiger partial charge in [-0.1, -0.05) is 25.4 Å². The molecule has 100 valence electrons. The van der Waals surface area contributed by atoms with Crippen LogP contribution in [0.2, 0.25) is 5.02 Å². The molecule has 0 spiro atoms. The van der Waals surface area contributed by atoms with Gasteiger partial charge < -0.3 is 4.74 Å². The molecule has 2 rings (SSSR count). The molecule has 0 N–H and O–H groups in total. The van der Waals surface area contributed by atoms with Gasteiger partial charge >= 0.3 is 0 Å². The van der Waals surface area contributed by atoms with Gasteiger partial charge in [0.2, 0.25) is 5.88 Å². The maximum Gasteiger partial charge on any atom is 0.235 e. The molecular weight excluding hydrogens is 375 g/mol. The highest BCUT2D eigenvalue weighted by Crippen LogP contribution is 2.34. The smallest absolute Gasteiger partial charge is 0.235 e. The van der Waals surface area contributed by atoms with E-state index in [1.54, 1.807) is 6.20 Å². The van der Waals surface area contributed by atoms with Crippen molar-refractivity contribution in [3.8, 4) is 11.6 Å². The molecule has 0 fully saturated rings. The number of aryl methyl sites for hydroxylation is 1. The van der Waals surface area contributed by atoms with E-state index in [0.29, 0.717) is 11.8 Å². The second-order valence-electron chi connectivity index (χ2n) is 4.57. The zero-order valence-corrected chi connectivity index (χ0v) is 13.9. The molecule has 0 unspecified atom stereocenters. The predicted octanol–water partition coefficient (Wildman–Crippen LogP) is 4.96. The summed E-state index contributed by atoms with van der Waals surface area (Å²) in [7, 11) is 0. The van der Waals surface area contributed by atoms with E-state index >= 15 is 0 Å². The van der Waals surface area contributed by atoms with Gasteiger partial charge in [-0.25, -0.2) is 9.97 Å². The van der Waals surface area contributed by atoms with Gasteiger partial charge in [-0.15, -0.1) is 0 Å². The Morgan fingerprint density at radius 3 is 2.68 bits per heavy atom. The Morgan fingerprint density at radius 1 is 1.32 bits per heavy atom. The van der Waals surface area contributed by atoms with Gasteiger partial charge in [0, 0.05) is 11.2 Å². The number of rotatable bonds is 3. The van der Waals surface area contributed by atoms with Gasteiger partial charge in [-0.3, -0.25) is 0 Å². The average molecular weight is 389 g/mol. The summed E-state index contributed by atoms with van der Waals surface area (Å²) >= 11 is 8.40. The predicted molar refractivity (Wildman–Crippen MR) is 85.1 cm³/mol. The molecule has 1 heterocycles. The highest BCUT2D eigenvalue weighted by Gasteiger charge is 2.12. The van der Waals surface area contributed by atoms with Gasteiger partial charge in [0.15, 0.2) is 0 Å². The second kappa shape index (κ2) is 6.05. The number of nitrogens with zero attached hydrogens (tertiary/aromatic N) is 2. The summed E-state index contributed by atoms with van der Waals surface area (Å²) in [5.41, 5.74) is 2.06. The van der Waals surface area contributed by atoms with Crippen LogP contribution in [0.4, 0.5) is 0 Å². The molecule has 1 aromatic carbocycles. The Kier molecular flexibility index (Phi) is 4.62. The zero-order valence-electron chi connectivity index (χ0n) is 10.9. The van der Waals surface area contributed by atoms with Crippen molar-refractivity contribution in [2.24, 2.45) is 0 Å². The van der Waals surface area contributed by atoms with Gasteiger partial charge in [0.25, 0.3) is 0 Å². The van der Waals surface area contributed by atoms with Crippen molar-refractivity contribution in [2.75, 3.05) is 0 Å². The van der Waals surface area contributed by atoms with Crippen LogP contribution >= 0.6 is 34.2 Å². The van der Waals surface area contributed by atoms with Crippen molar-refractivity contribution >= 4 is 34.2 Å². The van der Waals surface area contributed by atoms with Gasteiger partial charge in [0.05, 0.1) is 3.57 Å². The minimum atomic E-state index is 0.347. The Morgan fingerprint density at radius 2 is 2.05 bits per heavy atom. The maximum absolute atomic E-state index is 6.25. The van der Waals surface area contributed by atoms with Crippen LogP contribution in [-0.4, -0.2) is 9.97 Å². The third-order valence-electron chi connectivity index (χ3n) is 2.76. The molecule has 0 aliphatic carbocycles. The Hall–Kier alpha value is -0.880. The van der Waals surface area contributed by atoms with Crippen LogP contribution in [0.1, 0.15) is 30.9 Å². The van der Waals surface area contributed by atoms with Crippen molar-refractivity contribution in [1.29, 1.82) is 0 Å². The van der Waals surface area contributed by atoms with Crippen LogP contribution in [0.5, 0.6) is 11.6 Å². The number of benzene rings is 1. The number of aromatic nitrogens is 2. The molecule has 0 amide bonds. The fourth-order valence-electron chi connectivity index (χ4n) is 1.70. The van der Waals surface area contributed by atoms with Crippen molar-refractivity contribution in [2.45, 2.75) is 26.7 Å². The molecule has 2 aromatic rings. The largest absolute Gasteiger partial charge is 0.438 e. The summed E-state index contributed by atoms with van der Waals surface area (Å²) in [5, 5.41) is 0.775. The first-order chi connectivity index (χ1) is 8.99. The summed E-state index contributed by atoms with van der Waals surface area (Å²) in [6.45, 7) is 6.18. The van der Waals surface area contributed by atoms with E-state index in [1.807, 2.05) is 19.1 Å². The molecule has 0 atom stereocenters. The lowest BCUT2D eigenvalue weighted by Crippen LogP contribution is -1.97. The quantitative estimate of drug-likeness (QED) is 0.697. The number of halogens is 2. The second-order valence-corrected chi connectivity index (χ2v) is 6.14. The van der Waals surface area contributed by atoms with Crippen LogP contribution in [-0.2, 0) is 0 Å². The standard InChI is InChI=1S/C14H14ClIN2O/c1-8(2)10-5-13(9(3)4-11(10)15)19-14-12(16)6-17-7-18-14/h4-8H,1-3H3. The first-order valence-corrected chi connectivity index (χ1v) is 7.38. The van der Waals surface area contributed by atoms with Crippen LogP contribution < -0.4 is 4.74 Å². The van der Waals surface area contributed by atoms with E-state index < -0.39 is 0 Å². The number of ether oxygens (including phenoxy) is 1. The molecule has 19 heavy (non-hydrogen) atoms. The molecular formula is C14H14ClIN2O. The van der Waals surface area contributed by atoms with Crippen LogP contribution in [0.15, 0.2) is 24.7 Å². The zero-order chi connectivity index (χ0) is 14.0. The molecule has 3 nitrogen and oxygen atoms in total. The van der Waals surface area contributed by atoms with Crippen molar-refractivity contribution < 1.29 is 4.74 Å².